The van der Waals surface area contributed by atoms with Crippen LogP contribution in [0.3, 0.4) is 0 Å². The summed E-state index contributed by atoms with van der Waals surface area (Å²) in [4.78, 5) is 22.4. The Morgan fingerprint density at radius 3 is 2.29 bits per heavy atom. The topological polar surface area (TPSA) is 78.7 Å². The molecule has 0 fully saturated rings. The van der Waals surface area contributed by atoms with Crippen molar-refractivity contribution in [1.29, 1.82) is 0 Å². The van der Waals surface area contributed by atoms with Crippen LogP contribution in [0.1, 0.15) is 38.8 Å². The number of hydrogen-bond donors (Lipinski definition) is 0. The Hall–Kier alpha value is -2.11. The third kappa shape index (κ3) is 4.73. The van der Waals surface area contributed by atoms with Crippen molar-refractivity contribution in [2.75, 3.05) is 0 Å². The second kappa shape index (κ2) is 6.11. The lowest BCUT2D eigenvalue weighted by atomic mass is 10.1. The molecule has 6 nitrogen and oxygen atoms in total. The Morgan fingerprint density at radius 1 is 1.24 bits per heavy atom. The predicted molar refractivity (Wildman–Crippen MR) is 78.5 cm³/mol. The molecule has 116 valence electrons. The van der Waals surface area contributed by atoms with Crippen LogP contribution in [0.25, 0.3) is 0 Å². The number of benzene rings is 1. The van der Waals surface area contributed by atoms with E-state index in [0.717, 1.165) is 5.56 Å². The summed E-state index contributed by atoms with van der Waals surface area (Å²) in [5.41, 5.74) is 0.638. The van der Waals surface area contributed by atoms with Crippen LogP contribution in [0.5, 0.6) is 5.75 Å². The normalized spacial score (nSPS) is 12.7. The lowest BCUT2D eigenvalue weighted by Gasteiger charge is -2.23. The molecule has 0 radical (unpaired) electrons. The van der Waals surface area contributed by atoms with Crippen molar-refractivity contribution >= 4 is 11.7 Å². The van der Waals surface area contributed by atoms with Crippen LogP contribution in [-0.4, -0.2) is 22.6 Å². The Bertz CT molecular complexity index is 560. The fourth-order valence-corrected chi connectivity index (χ4v) is 1.77. The van der Waals surface area contributed by atoms with Gasteiger partial charge in [-0.1, -0.05) is 0 Å². The summed E-state index contributed by atoms with van der Waals surface area (Å²) >= 11 is 0. The van der Waals surface area contributed by atoms with Gasteiger partial charge >= 0.3 is 5.97 Å². The predicted octanol–water partition coefficient (Wildman–Crippen LogP) is 3.32. The average Bonchev–Trinajstić information content (AvgIpc) is 2.29. The number of nitrogens with zero attached hydrogens (tertiary/aromatic N) is 1. The zero-order valence-electron chi connectivity index (χ0n) is 13.2. The Labute approximate surface area is 124 Å². The molecule has 0 N–H and O–H groups in total. The first-order valence-corrected chi connectivity index (χ1v) is 6.66. The number of nitro groups is 1. The molecule has 6 heteroatoms. The van der Waals surface area contributed by atoms with Gasteiger partial charge in [-0.15, -0.1) is 0 Å². The van der Waals surface area contributed by atoms with Crippen LogP contribution in [-0.2, 0) is 9.53 Å². The van der Waals surface area contributed by atoms with Crippen LogP contribution in [0.4, 0.5) is 5.69 Å². The van der Waals surface area contributed by atoms with Crippen LogP contribution < -0.4 is 4.74 Å². The minimum Gasteiger partial charge on any atom is -0.478 e. The zero-order valence-corrected chi connectivity index (χ0v) is 13.2. The fourth-order valence-electron chi connectivity index (χ4n) is 1.77. The number of aryl methyl sites for hydroxylation is 2. The van der Waals surface area contributed by atoms with Gasteiger partial charge in [0, 0.05) is 5.56 Å². The highest BCUT2D eigenvalue weighted by Gasteiger charge is 2.24. The molecule has 0 aliphatic heterocycles. The summed E-state index contributed by atoms with van der Waals surface area (Å²) in [6, 6.07) is 3.00. The Balaban J connectivity index is 2.95. The highest BCUT2D eigenvalue weighted by Crippen LogP contribution is 2.29. The molecule has 0 saturated carbocycles. The maximum Gasteiger partial charge on any atom is 0.347 e. The summed E-state index contributed by atoms with van der Waals surface area (Å²) in [5.74, 6) is -0.198. The Kier molecular flexibility index (Phi) is 4.93. The molecule has 0 aliphatic carbocycles. The number of nitro benzene ring substituents is 1. The van der Waals surface area contributed by atoms with E-state index in [1.807, 2.05) is 0 Å². The first-order chi connectivity index (χ1) is 9.51. The van der Waals surface area contributed by atoms with Crippen LogP contribution in [0.2, 0.25) is 0 Å². The first-order valence-electron chi connectivity index (χ1n) is 6.66. The van der Waals surface area contributed by atoms with E-state index in [9.17, 15) is 14.9 Å². The van der Waals surface area contributed by atoms with E-state index < -0.39 is 22.6 Å². The van der Waals surface area contributed by atoms with Crippen molar-refractivity contribution in [1.82, 2.24) is 0 Å². The quantitative estimate of drug-likeness (QED) is 0.483. The molecule has 21 heavy (non-hydrogen) atoms. The van der Waals surface area contributed by atoms with E-state index in [1.54, 1.807) is 47.6 Å². The molecule has 1 atom stereocenters. The second-order valence-corrected chi connectivity index (χ2v) is 5.95. The minimum absolute atomic E-state index is 0.0352. The van der Waals surface area contributed by atoms with Crippen molar-refractivity contribution in [2.24, 2.45) is 0 Å². The molecule has 0 amide bonds. The number of carbonyl (C=O) groups is 1. The van der Waals surface area contributed by atoms with Crippen molar-refractivity contribution in [3.05, 3.63) is 33.4 Å². The van der Waals surface area contributed by atoms with Crippen molar-refractivity contribution in [3.63, 3.8) is 0 Å². The fraction of sp³-hybridized carbons (Fsp3) is 0.533. The molecule has 1 rings (SSSR count). The summed E-state index contributed by atoms with van der Waals surface area (Å²) in [6.07, 6.45) is -0.842. The van der Waals surface area contributed by atoms with E-state index >= 15 is 0 Å². The SMILES string of the molecule is Cc1cc(C)c([N+](=O)[O-])cc1OC(C)C(=O)OC(C)(C)C. The maximum absolute atomic E-state index is 11.9. The van der Waals surface area contributed by atoms with E-state index in [4.69, 9.17) is 9.47 Å². The molecule has 1 unspecified atom stereocenters. The number of rotatable bonds is 4. The molecule has 0 heterocycles. The average molecular weight is 295 g/mol. The number of hydrogen-bond acceptors (Lipinski definition) is 5. The summed E-state index contributed by atoms with van der Waals surface area (Å²) in [5, 5.41) is 11.0. The molecular weight excluding hydrogens is 274 g/mol. The van der Waals surface area contributed by atoms with Gasteiger partial charge < -0.3 is 9.47 Å². The lowest BCUT2D eigenvalue weighted by molar-refractivity contribution is -0.385. The van der Waals surface area contributed by atoms with Crippen LogP contribution in [0.15, 0.2) is 12.1 Å². The van der Waals surface area contributed by atoms with Crippen molar-refractivity contribution in [2.45, 2.75) is 53.2 Å². The smallest absolute Gasteiger partial charge is 0.347 e. The van der Waals surface area contributed by atoms with Crippen LogP contribution in [0, 0.1) is 24.0 Å². The maximum atomic E-state index is 11.9. The number of carbonyl (C=O) groups excluding carboxylic acids is 1. The van der Waals surface area contributed by atoms with Gasteiger partial charge in [0.15, 0.2) is 6.10 Å². The van der Waals surface area contributed by atoms with Gasteiger partial charge in [0.25, 0.3) is 5.69 Å². The molecule has 1 aromatic carbocycles. The van der Waals surface area contributed by atoms with E-state index in [-0.39, 0.29) is 5.69 Å². The van der Waals surface area contributed by atoms with Gasteiger partial charge in [-0.3, -0.25) is 10.1 Å². The minimum atomic E-state index is -0.842. The standard InChI is InChI=1S/C15H21NO5/c1-9-7-10(2)13(8-12(9)16(18)19)20-11(3)14(17)21-15(4,5)6/h7-8,11H,1-6H3. The molecule has 0 spiro atoms. The van der Waals surface area contributed by atoms with E-state index in [0.29, 0.717) is 11.3 Å². The van der Waals surface area contributed by atoms with Crippen molar-refractivity contribution in [3.8, 4) is 5.75 Å². The van der Waals surface area contributed by atoms with Gasteiger partial charge in [0.05, 0.1) is 11.0 Å². The highest BCUT2D eigenvalue weighted by atomic mass is 16.6. The van der Waals surface area contributed by atoms with Crippen LogP contribution >= 0.6 is 0 Å². The van der Waals surface area contributed by atoms with Gasteiger partial charge in [0.1, 0.15) is 11.4 Å². The van der Waals surface area contributed by atoms with Gasteiger partial charge in [0.2, 0.25) is 0 Å². The molecule has 0 saturated heterocycles. The summed E-state index contributed by atoms with van der Waals surface area (Å²) in [7, 11) is 0. The summed E-state index contributed by atoms with van der Waals surface area (Å²) in [6.45, 7) is 10.3. The largest absolute Gasteiger partial charge is 0.478 e. The van der Waals surface area contributed by atoms with E-state index in [2.05, 4.69) is 0 Å². The molecular formula is C15H21NO5. The molecule has 1 aromatic rings. The second-order valence-electron chi connectivity index (χ2n) is 5.95. The lowest BCUT2D eigenvalue weighted by Crippen LogP contribution is -2.33. The van der Waals surface area contributed by atoms with E-state index in [1.165, 1.54) is 6.07 Å². The number of ether oxygens (including phenoxy) is 2. The molecule has 0 bridgehead atoms. The zero-order chi connectivity index (χ0) is 16.4. The van der Waals surface area contributed by atoms with Gasteiger partial charge in [-0.05, 0) is 53.2 Å². The summed E-state index contributed by atoms with van der Waals surface area (Å²) < 4.78 is 10.7. The van der Waals surface area contributed by atoms with Crippen molar-refractivity contribution < 1.29 is 19.2 Å². The Morgan fingerprint density at radius 2 is 1.81 bits per heavy atom. The monoisotopic (exact) mass is 295 g/mol. The molecule has 0 aliphatic rings. The molecule has 0 aromatic heterocycles. The first kappa shape index (κ1) is 16.9. The third-order valence-electron chi connectivity index (χ3n) is 2.73. The van der Waals surface area contributed by atoms with Gasteiger partial charge in [-0.2, -0.15) is 0 Å². The number of esters is 1. The van der Waals surface area contributed by atoms with Gasteiger partial charge in [-0.25, -0.2) is 4.79 Å². The third-order valence-corrected chi connectivity index (χ3v) is 2.73. The highest BCUT2D eigenvalue weighted by molar-refractivity contribution is 5.75.